The first-order chi connectivity index (χ1) is 12.7. The van der Waals surface area contributed by atoms with Crippen molar-refractivity contribution < 1.29 is 28.5 Å². The first-order valence-electron chi connectivity index (χ1n) is 8.17. The van der Waals surface area contributed by atoms with E-state index in [9.17, 15) is 4.79 Å². The molecule has 7 heteroatoms. The molecule has 26 heavy (non-hydrogen) atoms. The molecule has 0 spiro atoms. The highest BCUT2D eigenvalue weighted by molar-refractivity contribution is 6.05. The fourth-order valence-corrected chi connectivity index (χ4v) is 2.66. The van der Waals surface area contributed by atoms with Crippen LogP contribution in [-0.4, -0.2) is 40.5 Å². The molecular weight excluding hydrogens is 338 g/mol. The second-order valence-electron chi connectivity index (χ2n) is 5.58. The second kappa shape index (κ2) is 7.86. The van der Waals surface area contributed by atoms with E-state index in [0.29, 0.717) is 53.2 Å². The third kappa shape index (κ3) is 3.61. The van der Waals surface area contributed by atoms with Gasteiger partial charge in [-0.15, -0.1) is 0 Å². The lowest BCUT2D eigenvalue weighted by Crippen LogP contribution is -2.12. The zero-order valence-electron chi connectivity index (χ0n) is 15.0. The summed E-state index contributed by atoms with van der Waals surface area (Å²) >= 11 is 0. The largest absolute Gasteiger partial charge is 0.493 e. The third-order valence-corrected chi connectivity index (χ3v) is 3.93. The Kier molecular flexibility index (Phi) is 5.36. The van der Waals surface area contributed by atoms with E-state index in [2.05, 4.69) is 5.32 Å². The van der Waals surface area contributed by atoms with Crippen LogP contribution in [0.2, 0.25) is 0 Å². The van der Waals surface area contributed by atoms with E-state index in [1.54, 1.807) is 30.3 Å². The number of benzene rings is 2. The number of methoxy groups -OCH3 is 3. The molecule has 138 valence electrons. The summed E-state index contributed by atoms with van der Waals surface area (Å²) in [6.07, 6.45) is 0.821. The van der Waals surface area contributed by atoms with Crippen LogP contribution in [0, 0.1) is 0 Å². The minimum atomic E-state index is -0.307. The van der Waals surface area contributed by atoms with Gasteiger partial charge in [-0.1, -0.05) is 0 Å². The molecule has 1 aliphatic rings. The normalized spacial score (nSPS) is 12.7. The maximum absolute atomic E-state index is 12.7. The maximum Gasteiger partial charge on any atom is 0.255 e. The fraction of sp³-hybridized carbons (Fsp3) is 0.316. The number of nitrogens with one attached hydrogen (secondary N) is 1. The Hall–Kier alpha value is -3.09. The SMILES string of the molecule is COc1cc(C(=O)Nc2ccc3c(c2)OCCCO3)cc(OC)c1OC. The zero-order valence-corrected chi connectivity index (χ0v) is 15.0. The molecule has 0 aliphatic carbocycles. The van der Waals surface area contributed by atoms with Crippen molar-refractivity contribution in [3.8, 4) is 28.7 Å². The van der Waals surface area contributed by atoms with Gasteiger partial charge in [0.2, 0.25) is 5.75 Å². The number of hydrogen-bond donors (Lipinski definition) is 1. The van der Waals surface area contributed by atoms with Gasteiger partial charge in [-0.2, -0.15) is 0 Å². The van der Waals surface area contributed by atoms with Crippen molar-refractivity contribution in [1.82, 2.24) is 0 Å². The first-order valence-corrected chi connectivity index (χ1v) is 8.17. The summed E-state index contributed by atoms with van der Waals surface area (Å²) in [4.78, 5) is 12.7. The summed E-state index contributed by atoms with van der Waals surface area (Å²) in [5.41, 5.74) is 0.986. The molecule has 0 aromatic heterocycles. The predicted molar refractivity (Wildman–Crippen MR) is 96.1 cm³/mol. The standard InChI is InChI=1S/C19H21NO6/c1-22-16-9-12(10-17(23-2)18(16)24-3)19(21)20-13-5-6-14-15(11-13)26-8-4-7-25-14/h5-6,9-11H,4,7-8H2,1-3H3,(H,20,21). The fourth-order valence-electron chi connectivity index (χ4n) is 2.66. The molecule has 1 heterocycles. The van der Waals surface area contributed by atoms with Crippen LogP contribution in [0.5, 0.6) is 28.7 Å². The van der Waals surface area contributed by atoms with Gasteiger partial charge in [-0.3, -0.25) is 4.79 Å². The quantitative estimate of drug-likeness (QED) is 0.884. The van der Waals surface area contributed by atoms with E-state index in [1.165, 1.54) is 21.3 Å². The summed E-state index contributed by atoms with van der Waals surface area (Å²) in [6, 6.07) is 8.49. The Balaban J connectivity index is 1.85. The van der Waals surface area contributed by atoms with E-state index in [0.717, 1.165) is 6.42 Å². The molecule has 3 rings (SSSR count). The van der Waals surface area contributed by atoms with Crippen LogP contribution in [0.25, 0.3) is 0 Å². The molecule has 1 N–H and O–H groups in total. The highest BCUT2D eigenvalue weighted by Crippen LogP contribution is 2.38. The number of fused-ring (bicyclic) bond motifs is 1. The highest BCUT2D eigenvalue weighted by Gasteiger charge is 2.18. The Labute approximate surface area is 151 Å². The zero-order chi connectivity index (χ0) is 18.5. The third-order valence-electron chi connectivity index (χ3n) is 3.93. The monoisotopic (exact) mass is 359 g/mol. The molecular formula is C19H21NO6. The minimum Gasteiger partial charge on any atom is -0.493 e. The van der Waals surface area contributed by atoms with Gasteiger partial charge >= 0.3 is 0 Å². The van der Waals surface area contributed by atoms with Gasteiger partial charge in [-0.25, -0.2) is 0 Å². The Morgan fingerprint density at radius 1 is 0.923 bits per heavy atom. The summed E-state index contributed by atoms with van der Waals surface area (Å²) in [5, 5.41) is 2.84. The molecule has 0 fully saturated rings. The van der Waals surface area contributed by atoms with Crippen LogP contribution in [0.15, 0.2) is 30.3 Å². The van der Waals surface area contributed by atoms with Crippen LogP contribution in [-0.2, 0) is 0 Å². The molecule has 1 amide bonds. The molecule has 0 atom stereocenters. The molecule has 0 saturated heterocycles. The molecule has 2 aromatic rings. The van der Waals surface area contributed by atoms with Gasteiger partial charge < -0.3 is 29.0 Å². The smallest absolute Gasteiger partial charge is 0.255 e. The average molecular weight is 359 g/mol. The summed E-state index contributed by atoms with van der Waals surface area (Å²) in [6.45, 7) is 1.20. The maximum atomic E-state index is 12.7. The Morgan fingerprint density at radius 2 is 1.58 bits per heavy atom. The lowest BCUT2D eigenvalue weighted by atomic mass is 10.1. The van der Waals surface area contributed by atoms with Crippen LogP contribution >= 0.6 is 0 Å². The number of carbonyl (C=O) groups is 1. The first kappa shape index (κ1) is 17.7. The number of carbonyl (C=O) groups excluding carboxylic acids is 1. The van der Waals surface area contributed by atoms with Crippen molar-refractivity contribution in [3.05, 3.63) is 35.9 Å². The van der Waals surface area contributed by atoms with Crippen molar-refractivity contribution in [2.75, 3.05) is 39.9 Å². The molecule has 0 unspecified atom stereocenters. The van der Waals surface area contributed by atoms with Crippen molar-refractivity contribution >= 4 is 11.6 Å². The lowest BCUT2D eigenvalue weighted by Gasteiger charge is -2.14. The molecule has 0 saturated carbocycles. The van der Waals surface area contributed by atoms with Gasteiger partial charge in [0.15, 0.2) is 23.0 Å². The predicted octanol–water partition coefficient (Wildman–Crippen LogP) is 3.13. The van der Waals surface area contributed by atoms with Gasteiger partial charge in [0.05, 0.1) is 34.5 Å². The molecule has 2 aromatic carbocycles. The topological polar surface area (TPSA) is 75.3 Å². The lowest BCUT2D eigenvalue weighted by molar-refractivity contribution is 0.102. The van der Waals surface area contributed by atoms with E-state index in [-0.39, 0.29) is 5.91 Å². The van der Waals surface area contributed by atoms with Crippen LogP contribution in [0.4, 0.5) is 5.69 Å². The van der Waals surface area contributed by atoms with E-state index in [4.69, 9.17) is 23.7 Å². The second-order valence-corrected chi connectivity index (χ2v) is 5.58. The number of rotatable bonds is 5. The van der Waals surface area contributed by atoms with Gasteiger partial charge in [0.1, 0.15) is 0 Å². The average Bonchev–Trinajstić information content (AvgIpc) is 2.91. The highest BCUT2D eigenvalue weighted by atomic mass is 16.5. The number of anilines is 1. The van der Waals surface area contributed by atoms with Crippen LogP contribution in [0.1, 0.15) is 16.8 Å². The van der Waals surface area contributed by atoms with Crippen molar-refractivity contribution in [1.29, 1.82) is 0 Å². The summed E-state index contributed by atoms with van der Waals surface area (Å²) in [5.74, 6) is 2.24. The van der Waals surface area contributed by atoms with Gasteiger partial charge in [0.25, 0.3) is 5.91 Å². The molecule has 1 aliphatic heterocycles. The van der Waals surface area contributed by atoms with Gasteiger partial charge in [-0.05, 0) is 24.3 Å². The molecule has 0 radical (unpaired) electrons. The van der Waals surface area contributed by atoms with Gasteiger partial charge in [0, 0.05) is 23.7 Å². The molecule has 7 nitrogen and oxygen atoms in total. The van der Waals surface area contributed by atoms with Crippen molar-refractivity contribution in [2.24, 2.45) is 0 Å². The van der Waals surface area contributed by atoms with E-state index < -0.39 is 0 Å². The Bertz CT molecular complexity index is 780. The number of hydrogen-bond acceptors (Lipinski definition) is 6. The van der Waals surface area contributed by atoms with E-state index in [1.807, 2.05) is 0 Å². The van der Waals surface area contributed by atoms with Crippen molar-refractivity contribution in [2.45, 2.75) is 6.42 Å². The van der Waals surface area contributed by atoms with Crippen LogP contribution in [0.3, 0.4) is 0 Å². The van der Waals surface area contributed by atoms with E-state index >= 15 is 0 Å². The Morgan fingerprint density at radius 3 is 2.19 bits per heavy atom. The number of amides is 1. The summed E-state index contributed by atoms with van der Waals surface area (Å²) < 4.78 is 27.1. The molecule has 0 bridgehead atoms. The number of ether oxygens (including phenoxy) is 5. The summed E-state index contributed by atoms with van der Waals surface area (Å²) in [7, 11) is 4.52. The van der Waals surface area contributed by atoms with Crippen LogP contribution < -0.4 is 29.0 Å². The minimum absolute atomic E-state index is 0.307. The van der Waals surface area contributed by atoms with Crippen molar-refractivity contribution in [3.63, 3.8) is 0 Å².